The maximum Gasteiger partial charge on any atom is 0.0741 e. The Morgan fingerprint density at radius 3 is 2.26 bits per heavy atom. The number of hydrogen-bond donors (Lipinski definition) is 0. The third-order valence-corrected chi connectivity index (χ3v) is 3.66. The second-order valence-electron chi connectivity index (χ2n) is 6.23. The molecule has 1 heteroatoms. The van der Waals surface area contributed by atoms with Crippen molar-refractivity contribution in [1.82, 2.24) is 4.98 Å². The smallest absolute Gasteiger partial charge is 0.0741 e. The molecule has 1 heterocycles. The van der Waals surface area contributed by atoms with Crippen molar-refractivity contribution in [3.05, 3.63) is 53.6 Å². The molecule has 3 aromatic rings. The van der Waals surface area contributed by atoms with E-state index in [9.17, 15) is 0 Å². The number of aryl methyl sites for hydroxylation is 1. The number of fused-ring (bicyclic) bond motifs is 2. The zero-order valence-electron chi connectivity index (χ0n) is 12.0. The van der Waals surface area contributed by atoms with Gasteiger partial charge in [0.2, 0.25) is 0 Å². The van der Waals surface area contributed by atoms with Gasteiger partial charge in [0.25, 0.3) is 0 Å². The number of hydrogen-bond acceptors (Lipinski definition) is 1. The molecule has 0 radical (unpaired) electrons. The Labute approximate surface area is 114 Å². The highest BCUT2D eigenvalue weighted by atomic mass is 14.7. The van der Waals surface area contributed by atoms with E-state index >= 15 is 0 Å². The van der Waals surface area contributed by atoms with Gasteiger partial charge in [-0.3, -0.25) is 0 Å². The van der Waals surface area contributed by atoms with Crippen LogP contribution < -0.4 is 0 Å². The van der Waals surface area contributed by atoms with Crippen LogP contribution in [0.15, 0.2) is 42.5 Å². The Balaban J connectivity index is 2.61. The quantitative estimate of drug-likeness (QED) is 0.511. The van der Waals surface area contributed by atoms with E-state index in [2.05, 4.69) is 70.2 Å². The van der Waals surface area contributed by atoms with Crippen molar-refractivity contribution in [2.24, 2.45) is 0 Å². The molecule has 0 saturated carbocycles. The highest BCUT2D eigenvalue weighted by Crippen LogP contribution is 2.35. The molecule has 2 aromatic carbocycles. The average molecular weight is 249 g/mol. The molecule has 0 aliphatic rings. The summed E-state index contributed by atoms with van der Waals surface area (Å²) >= 11 is 0. The minimum atomic E-state index is 0.106. The molecule has 0 saturated heterocycles. The predicted molar refractivity (Wildman–Crippen MR) is 82.7 cm³/mol. The molecular formula is C18H19N. The van der Waals surface area contributed by atoms with Crippen LogP contribution in [-0.4, -0.2) is 4.98 Å². The van der Waals surface area contributed by atoms with Crippen molar-refractivity contribution in [1.29, 1.82) is 0 Å². The van der Waals surface area contributed by atoms with Crippen molar-refractivity contribution in [3.8, 4) is 0 Å². The van der Waals surface area contributed by atoms with Crippen LogP contribution in [0.5, 0.6) is 0 Å². The number of aromatic nitrogens is 1. The van der Waals surface area contributed by atoms with Gasteiger partial charge in [-0.15, -0.1) is 0 Å². The van der Waals surface area contributed by atoms with Crippen molar-refractivity contribution in [2.75, 3.05) is 0 Å². The van der Waals surface area contributed by atoms with Crippen molar-refractivity contribution >= 4 is 21.8 Å². The van der Waals surface area contributed by atoms with E-state index < -0.39 is 0 Å². The molecule has 0 aliphatic carbocycles. The molecule has 3 rings (SSSR count). The van der Waals surface area contributed by atoms with Gasteiger partial charge in [0.15, 0.2) is 0 Å². The maximum atomic E-state index is 4.85. The lowest BCUT2D eigenvalue weighted by Gasteiger charge is -2.24. The van der Waals surface area contributed by atoms with E-state index in [1.165, 1.54) is 21.9 Å². The Bertz CT molecular complexity index is 764. The number of rotatable bonds is 0. The highest BCUT2D eigenvalue weighted by Gasteiger charge is 2.21. The summed E-state index contributed by atoms with van der Waals surface area (Å²) in [6.07, 6.45) is 0. The third-order valence-electron chi connectivity index (χ3n) is 3.66. The second-order valence-corrected chi connectivity index (χ2v) is 6.23. The van der Waals surface area contributed by atoms with Crippen molar-refractivity contribution in [3.63, 3.8) is 0 Å². The molecule has 0 amide bonds. The fourth-order valence-corrected chi connectivity index (χ4v) is 2.87. The van der Waals surface area contributed by atoms with Gasteiger partial charge in [-0.1, -0.05) is 57.2 Å². The van der Waals surface area contributed by atoms with Crippen LogP contribution in [0.25, 0.3) is 21.8 Å². The number of nitrogens with zero attached hydrogens (tertiary/aromatic N) is 1. The maximum absolute atomic E-state index is 4.85. The molecular weight excluding hydrogens is 230 g/mol. The molecule has 0 atom stereocenters. The average Bonchev–Trinajstić information content (AvgIpc) is 2.35. The molecule has 19 heavy (non-hydrogen) atoms. The first kappa shape index (κ1) is 12.2. The summed E-state index contributed by atoms with van der Waals surface area (Å²) in [6, 6.07) is 14.9. The van der Waals surface area contributed by atoms with E-state index in [-0.39, 0.29) is 5.41 Å². The van der Waals surface area contributed by atoms with Crippen LogP contribution >= 0.6 is 0 Å². The first-order chi connectivity index (χ1) is 8.98. The van der Waals surface area contributed by atoms with Gasteiger partial charge in [0.05, 0.1) is 11.0 Å². The van der Waals surface area contributed by atoms with Gasteiger partial charge in [-0.25, -0.2) is 4.98 Å². The second kappa shape index (κ2) is 4.06. The summed E-state index contributed by atoms with van der Waals surface area (Å²) < 4.78 is 0. The van der Waals surface area contributed by atoms with Gasteiger partial charge in [-0.2, -0.15) is 0 Å². The molecule has 96 valence electrons. The summed E-state index contributed by atoms with van der Waals surface area (Å²) in [4.78, 5) is 4.85. The lowest BCUT2D eigenvalue weighted by molar-refractivity contribution is 0.601. The summed E-state index contributed by atoms with van der Waals surface area (Å²) in [5.41, 5.74) is 4.97. The summed E-state index contributed by atoms with van der Waals surface area (Å²) in [5.74, 6) is 0. The molecule has 0 fully saturated rings. The van der Waals surface area contributed by atoms with E-state index in [4.69, 9.17) is 4.98 Å². The summed E-state index contributed by atoms with van der Waals surface area (Å²) in [6.45, 7) is 8.96. The summed E-state index contributed by atoms with van der Waals surface area (Å²) in [5, 5.41) is 2.55. The number of benzene rings is 2. The van der Waals surface area contributed by atoms with Crippen LogP contribution in [0.3, 0.4) is 0 Å². The van der Waals surface area contributed by atoms with Gasteiger partial charge < -0.3 is 0 Å². The van der Waals surface area contributed by atoms with Crippen molar-refractivity contribution < 1.29 is 0 Å². The molecule has 0 unspecified atom stereocenters. The van der Waals surface area contributed by atoms with Gasteiger partial charge in [0.1, 0.15) is 0 Å². The van der Waals surface area contributed by atoms with Gasteiger partial charge in [0, 0.05) is 10.8 Å². The normalized spacial score (nSPS) is 12.2. The lowest BCUT2D eigenvalue weighted by atomic mass is 9.82. The third kappa shape index (κ3) is 1.90. The van der Waals surface area contributed by atoms with Crippen LogP contribution in [-0.2, 0) is 5.41 Å². The van der Waals surface area contributed by atoms with Crippen molar-refractivity contribution in [2.45, 2.75) is 33.1 Å². The fourth-order valence-electron chi connectivity index (χ4n) is 2.87. The predicted octanol–water partition coefficient (Wildman–Crippen LogP) is 4.99. The molecule has 1 aromatic heterocycles. The number of para-hydroxylation sites is 2. The lowest BCUT2D eigenvalue weighted by Crippen LogP contribution is -2.13. The Morgan fingerprint density at radius 1 is 0.842 bits per heavy atom. The summed E-state index contributed by atoms with van der Waals surface area (Å²) in [7, 11) is 0. The molecule has 0 spiro atoms. The first-order valence-electron chi connectivity index (χ1n) is 6.77. The topological polar surface area (TPSA) is 12.9 Å². The van der Waals surface area contributed by atoms with E-state index in [0.717, 1.165) is 11.0 Å². The SMILES string of the molecule is Cc1cccc2c(C(C)(C)C)c3ccccc3nc12. The Hall–Kier alpha value is -1.89. The van der Waals surface area contributed by atoms with Gasteiger partial charge >= 0.3 is 0 Å². The molecule has 1 nitrogen and oxygen atoms in total. The zero-order valence-corrected chi connectivity index (χ0v) is 12.0. The minimum Gasteiger partial charge on any atom is -0.247 e. The molecule has 0 N–H and O–H groups in total. The number of pyridine rings is 1. The Morgan fingerprint density at radius 2 is 1.53 bits per heavy atom. The zero-order chi connectivity index (χ0) is 13.6. The monoisotopic (exact) mass is 249 g/mol. The van der Waals surface area contributed by atoms with Crippen LogP contribution in [0.4, 0.5) is 0 Å². The molecule has 0 bridgehead atoms. The minimum absolute atomic E-state index is 0.106. The standard InChI is InChI=1S/C18H19N/c1-12-8-7-10-14-16(18(2,3)4)13-9-5-6-11-15(13)19-17(12)14/h5-11H,1-4H3. The van der Waals surface area contributed by atoms with E-state index in [1.54, 1.807) is 0 Å². The van der Waals surface area contributed by atoms with Crippen LogP contribution in [0.1, 0.15) is 31.9 Å². The fraction of sp³-hybridized carbons (Fsp3) is 0.278. The van der Waals surface area contributed by atoms with Crippen LogP contribution in [0.2, 0.25) is 0 Å². The first-order valence-corrected chi connectivity index (χ1v) is 6.77. The van der Waals surface area contributed by atoms with E-state index in [0.29, 0.717) is 0 Å². The Kier molecular flexibility index (Phi) is 2.60. The highest BCUT2D eigenvalue weighted by molar-refractivity contribution is 5.99. The largest absolute Gasteiger partial charge is 0.247 e. The van der Waals surface area contributed by atoms with E-state index in [1.807, 2.05) is 0 Å². The van der Waals surface area contributed by atoms with Gasteiger partial charge in [-0.05, 0) is 29.5 Å². The van der Waals surface area contributed by atoms with Crippen LogP contribution in [0, 0.1) is 6.92 Å². The molecule has 0 aliphatic heterocycles.